The number of primary amides is 1. The number of benzene rings is 2. The zero-order valence-corrected chi connectivity index (χ0v) is 19.7. The fraction of sp³-hybridized carbons (Fsp3) is 0.346. The van der Waals surface area contributed by atoms with Gasteiger partial charge in [-0.05, 0) is 57.4 Å². The van der Waals surface area contributed by atoms with E-state index in [2.05, 4.69) is 19.2 Å². The molecule has 0 bridgehead atoms. The van der Waals surface area contributed by atoms with Crippen molar-refractivity contribution in [1.29, 1.82) is 0 Å². The average Bonchev–Trinajstić information content (AvgIpc) is 2.70. The summed E-state index contributed by atoms with van der Waals surface area (Å²) in [6.07, 6.45) is 0.0452. The molecular weight excluding hydrogens is 421 g/mol. The molecule has 0 saturated heterocycles. The van der Waals surface area contributed by atoms with E-state index in [0.29, 0.717) is 39.6 Å². The smallest absolute Gasteiger partial charge is 0.407 e. The lowest BCUT2D eigenvalue weighted by atomic mass is 9.90. The third kappa shape index (κ3) is 5.86. The van der Waals surface area contributed by atoms with Crippen LogP contribution in [0, 0.1) is 11.7 Å². The standard InChI is InChI=1S/C26H30FN3O3/c1-15(2)12-22-19(14-29-25(32)33-26(3,4)5)23(17-8-6-7-9-20(17)27)18-13-16(24(28)31)10-11-21(18)30-22/h6-11,13,15H,12,14H2,1-5H3,(H2,28,31)(H,29,32). The third-order valence-electron chi connectivity index (χ3n) is 5.01. The van der Waals surface area contributed by atoms with E-state index >= 15 is 4.39 Å². The number of rotatable bonds is 6. The number of pyridine rings is 1. The first-order valence-electron chi connectivity index (χ1n) is 10.9. The first kappa shape index (κ1) is 24.2. The number of aromatic nitrogens is 1. The normalized spacial score (nSPS) is 11.6. The number of carbonyl (C=O) groups excluding carboxylic acids is 2. The van der Waals surface area contributed by atoms with Gasteiger partial charge in [-0.1, -0.05) is 32.0 Å². The molecule has 2 aromatic carbocycles. The van der Waals surface area contributed by atoms with Crippen LogP contribution in [0.4, 0.5) is 9.18 Å². The van der Waals surface area contributed by atoms with Crippen molar-refractivity contribution in [3.63, 3.8) is 0 Å². The van der Waals surface area contributed by atoms with Crippen molar-refractivity contribution in [2.45, 2.75) is 53.2 Å². The van der Waals surface area contributed by atoms with Crippen LogP contribution >= 0.6 is 0 Å². The summed E-state index contributed by atoms with van der Waals surface area (Å²) in [5.74, 6) is -0.729. The second kappa shape index (κ2) is 9.57. The number of alkyl carbamates (subject to hydrolysis) is 1. The maximum atomic E-state index is 15.0. The Kier molecular flexibility index (Phi) is 7.01. The van der Waals surface area contributed by atoms with Crippen molar-refractivity contribution in [2.75, 3.05) is 0 Å². The lowest BCUT2D eigenvalue weighted by Gasteiger charge is -2.22. The Morgan fingerprint density at radius 3 is 2.45 bits per heavy atom. The van der Waals surface area contributed by atoms with Gasteiger partial charge >= 0.3 is 6.09 Å². The van der Waals surface area contributed by atoms with Crippen LogP contribution in [0.2, 0.25) is 0 Å². The van der Waals surface area contributed by atoms with Crippen LogP contribution in [0.15, 0.2) is 42.5 Å². The van der Waals surface area contributed by atoms with E-state index in [1.807, 2.05) is 0 Å². The van der Waals surface area contributed by atoms with E-state index in [1.165, 1.54) is 6.07 Å². The Morgan fingerprint density at radius 2 is 1.85 bits per heavy atom. The van der Waals surface area contributed by atoms with Crippen molar-refractivity contribution in [3.8, 4) is 11.1 Å². The van der Waals surface area contributed by atoms with Gasteiger partial charge in [-0.2, -0.15) is 0 Å². The number of nitrogens with one attached hydrogen (secondary N) is 1. The first-order valence-corrected chi connectivity index (χ1v) is 10.9. The van der Waals surface area contributed by atoms with Gasteiger partial charge < -0.3 is 15.8 Å². The first-order chi connectivity index (χ1) is 15.5. The van der Waals surface area contributed by atoms with Gasteiger partial charge in [0.25, 0.3) is 0 Å². The van der Waals surface area contributed by atoms with Gasteiger partial charge in [-0.3, -0.25) is 9.78 Å². The zero-order valence-electron chi connectivity index (χ0n) is 19.7. The van der Waals surface area contributed by atoms with E-state index in [-0.39, 0.29) is 12.5 Å². The molecule has 0 spiro atoms. The number of carbonyl (C=O) groups is 2. The number of hydrogen-bond donors (Lipinski definition) is 2. The molecule has 0 radical (unpaired) electrons. The summed E-state index contributed by atoms with van der Waals surface area (Å²) >= 11 is 0. The Hall–Kier alpha value is -3.48. The molecule has 33 heavy (non-hydrogen) atoms. The minimum absolute atomic E-state index is 0.0877. The molecular formula is C26H30FN3O3. The molecule has 7 heteroatoms. The number of fused-ring (bicyclic) bond motifs is 1. The van der Waals surface area contributed by atoms with Crippen molar-refractivity contribution < 1.29 is 18.7 Å². The number of hydrogen-bond acceptors (Lipinski definition) is 4. The van der Waals surface area contributed by atoms with Crippen molar-refractivity contribution in [3.05, 3.63) is 65.1 Å². The highest BCUT2D eigenvalue weighted by atomic mass is 19.1. The predicted octanol–water partition coefficient (Wildman–Crippen LogP) is 5.36. The van der Waals surface area contributed by atoms with Gasteiger partial charge in [0.2, 0.25) is 5.91 Å². The molecule has 6 nitrogen and oxygen atoms in total. The predicted molar refractivity (Wildman–Crippen MR) is 127 cm³/mol. The van der Waals surface area contributed by atoms with Crippen LogP contribution in [-0.4, -0.2) is 22.6 Å². The summed E-state index contributed by atoms with van der Waals surface area (Å²) in [5.41, 5.74) is 8.13. The van der Waals surface area contributed by atoms with Crippen molar-refractivity contribution in [2.24, 2.45) is 11.7 Å². The number of nitrogens with two attached hydrogens (primary N) is 1. The Morgan fingerprint density at radius 1 is 1.15 bits per heavy atom. The molecule has 0 fully saturated rings. The highest BCUT2D eigenvalue weighted by Gasteiger charge is 2.22. The fourth-order valence-corrected chi connectivity index (χ4v) is 3.70. The molecule has 174 valence electrons. The largest absolute Gasteiger partial charge is 0.444 e. The van der Waals surface area contributed by atoms with Gasteiger partial charge in [-0.25, -0.2) is 9.18 Å². The van der Waals surface area contributed by atoms with Gasteiger partial charge in [0.1, 0.15) is 11.4 Å². The van der Waals surface area contributed by atoms with Crippen molar-refractivity contribution >= 4 is 22.9 Å². The summed E-state index contributed by atoms with van der Waals surface area (Å²) in [5, 5.41) is 3.37. The van der Waals surface area contributed by atoms with Crippen molar-refractivity contribution in [1.82, 2.24) is 10.3 Å². The minimum atomic E-state index is -0.656. The van der Waals surface area contributed by atoms with Crippen LogP contribution in [0.3, 0.4) is 0 Å². The molecule has 0 aliphatic heterocycles. The molecule has 0 unspecified atom stereocenters. The quantitative estimate of drug-likeness (QED) is 0.527. The molecule has 0 saturated carbocycles. The molecule has 1 heterocycles. The monoisotopic (exact) mass is 451 g/mol. The van der Waals surface area contributed by atoms with E-state index in [4.69, 9.17) is 15.5 Å². The van der Waals surface area contributed by atoms with Gasteiger partial charge in [0.15, 0.2) is 0 Å². The highest BCUT2D eigenvalue weighted by Crippen LogP contribution is 2.36. The summed E-state index contributed by atoms with van der Waals surface area (Å²) in [6, 6.07) is 11.4. The van der Waals surface area contributed by atoms with Gasteiger partial charge in [-0.15, -0.1) is 0 Å². The SMILES string of the molecule is CC(C)Cc1nc2ccc(C(N)=O)cc2c(-c2ccccc2F)c1CNC(=O)OC(C)(C)C. The molecule has 3 rings (SSSR count). The Bertz CT molecular complexity index is 1200. The van der Waals surface area contributed by atoms with Crippen LogP contribution in [0.1, 0.15) is 56.2 Å². The second-order valence-corrected chi connectivity index (χ2v) is 9.44. The van der Waals surface area contributed by atoms with E-state index in [1.54, 1.807) is 57.2 Å². The van der Waals surface area contributed by atoms with Crippen LogP contribution in [0.5, 0.6) is 0 Å². The molecule has 3 aromatic rings. The molecule has 0 aliphatic rings. The minimum Gasteiger partial charge on any atom is -0.444 e. The summed E-state index contributed by atoms with van der Waals surface area (Å²) in [6.45, 7) is 9.57. The topological polar surface area (TPSA) is 94.3 Å². The van der Waals surface area contributed by atoms with Gasteiger partial charge in [0.05, 0.1) is 5.52 Å². The van der Waals surface area contributed by atoms with Gasteiger partial charge in [0, 0.05) is 39.9 Å². The summed E-state index contributed by atoms with van der Waals surface area (Å²) in [7, 11) is 0. The molecule has 0 atom stereocenters. The molecule has 0 aliphatic carbocycles. The summed E-state index contributed by atoms with van der Waals surface area (Å²) < 4.78 is 20.4. The number of nitrogens with zero attached hydrogens (tertiary/aromatic N) is 1. The van der Waals surface area contributed by atoms with Crippen LogP contribution in [0.25, 0.3) is 22.0 Å². The Labute approximate surface area is 193 Å². The maximum Gasteiger partial charge on any atom is 0.407 e. The third-order valence-corrected chi connectivity index (χ3v) is 5.01. The van der Waals surface area contributed by atoms with E-state index < -0.39 is 23.4 Å². The maximum absolute atomic E-state index is 15.0. The molecule has 2 amide bonds. The average molecular weight is 452 g/mol. The molecule has 1 aromatic heterocycles. The number of amides is 2. The highest BCUT2D eigenvalue weighted by molar-refractivity contribution is 6.02. The number of ether oxygens (including phenoxy) is 1. The Balaban J connectivity index is 2.27. The lowest BCUT2D eigenvalue weighted by Crippen LogP contribution is -2.32. The van der Waals surface area contributed by atoms with E-state index in [0.717, 1.165) is 5.69 Å². The number of halogens is 1. The molecule has 3 N–H and O–H groups in total. The summed E-state index contributed by atoms with van der Waals surface area (Å²) in [4.78, 5) is 29.1. The van der Waals surface area contributed by atoms with Crippen LogP contribution in [-0.2, 0) is 17.7 Å². The lowest BCUT2D eigenvalue weighted by molar-refractivity contribution is 0.0523. The zero-order chi connectivity index (χ0) is 24.3. The van der Waals surface area contributed by atoms with Crippen LogP contribution < -0.4 is 11.1 Å². The fourth-order valence-electron chi connectivity index (χ4n) is 3.70. The second-order valence-electron chi connectivity index (χ2n) is 9.44. The van der Waals surface area contributed by atoms with E-state index in [9.17, 15) is 9.59 Å².